The average molecular weight is 424 g/mol. The molecule has 0 aliphatic rings. The molecule has 0 aliphatic heterocycles. The van der Waals surface area contributed by atoms with Crippen molar-refractivity contribution in [1.29, 1.82) is 0 Å². The third-order valence-corrected chi connectivity index (χ3v) is 6.95. The summed E-state index contributed by atoms with van der Waals surface area (Å²) < 4.78 is 21.5. The van der Waals surface area contributed by atoms with Gasteiger partial charge >= 0.3 is 5.97 Å². The third kappa shape index (κ3) is 6.74. The van der Waals surface area contributed by atoms with Crippen molar-refractivity contribution < 1.29 is 14.1 Å². The first-order chi connectivity index (χ1) is 10.6. The number of ether oxygens (including phenoxy) is 1. The molecule has 0 fully saturated rings. The first-order valence-electron chi connectivity index (χ1n) is 7.68. The molecule has 0 bridgehead atoms. The minimum Gasteiger partial charge on any atom is -0.598 e. The van der Waals surface area contributed by atoms with Gasteiger partial charge in [-0.15, -0.1) is 16.1 Å². The van der Waals surface area contributed by atoms with Crippen LogP contribution in [0.5, 0.6) is 0 Å². The summed E-state index contributed by atoms with van der Waals surface area (Å²) in [5.41, 5.74) is -0.724. The predicted octanol–water partition coefficient (Wildman–Crippen LogP) is 4.51. The van der Waals surface area contributed by atoms with Gasteiger partial charge in [0.1, 0.15) is 10.3 Å². The molecule has 0 aromatic carbocycles. The Morgan fingerprint density at radius 1 is 1.43 bits per heavy atom. The van der Waals surface area contributed by atoms with E-state index in [9.17, 15) is 9.35 Å². The molecule has 0 radical (unpaired) electrons. The quantitative estimate of drug-likeness (QED) is 0.379. The summed E-state index contributed by atoms with van der Waals surface area (Å²) in [7, 11) is 0. The van der Waals surface area contributed by atoms with Gasteiger partial charge in [-0.2, -0.15) is 0 Å². The van der Waals surface area contributed by atoms with E-state index in [2.05, 4.69) is 27.6 Å². The van der Waals surface area contributed by atoms with Crippen LogP contribution in [0.25, 0.3) is 0 Å². The van der Waals surface area contributed by atoms with Crippen LogP contribution in [-0.4, -0.2) is 21.9 Å². The van der Waals surface area contributed by atoms with Gasteiger partial charge in [-0.05, 0) is 56.1 Å². The van der Waals surface area contributed by atoms with Gasteiger partial charge in [-0.25, -0.2) is 0 Å². The lowest BCUT2D eigenvalue weighted by Crippen LogP contribution is -2.50. The van der Waals surface area contributed by atoms with Gasteiger partial charge in [0.15, 0.2) is 0 Å². The molecule has 1 aromatic heterocycles. The van der Waals surface area contributed by atoms with Crippen LogP contribution < -0.4 is 4.72 Å². The molecule has 23 heavy (non-hydrogen) atoms. The van der Waals surface area contributed by atoms with Crippen LogP contribution in [0.2, 0.25) is 0 Å². The van der Waals surface area contributed by atoms with E-state index in [1.165, 1.54) is 11.3 Å². The van der Waals surface area contributed by atoms with Crippen molar-refractivity contribution in [2.45, 2.75) is 64.2 Å². The zero-order valence-corrected chi connectivity index (χ0v) is 17.6. The fraction of sp³-hybridized carbons (Fsp3) is 0.688. The number of carbonyl (C=O) groups is 1. The second kappa shape index (κ2) is 8.85. The molecule has 1 aromatic rings. The topological polar surface area (TPSA) is 61.4 Å². The number of hydrogen-bond acceptors (Lipinski definition) is 5. The SMILES string of the molecule is CCCCOC(=O)C[C@](C)(N[S+]([O-])C(C)(C)C)c1cc(Br)cs1. The molecule has 2 atom stereocenters. The largest absolute Gasteiger partial charge is 0.598 e. The molecular formula is C16H26BrNO3S2. The maximum Gasteiger partial charge on any atom is 0.308 e. The molecule has 1 N–H and O–H groups in total. The van der Waals surface area contributed by atoms with Crippen molar-refractivity contribution in [2.24, 2.45) is 0 Å². The minimum absolute atomic E-state index is 0.144. The highest BCUT2D eigenvalue weighted by atomic mass is 79.9. The van der Waals surface area contributed by atoms with E-state index in [1.54, 1.807) is 0 Å². The highest BCUT2D eigenvalue weighted by Gasteiger charge is 2.40. The van der Waals surface area contributed by atoms with Gasteiger partial charge in [0.25, 0.3) is 0 Å². The van der Waals surface area contributed by atoms with Crippen LogP contribution in [-0.2, 0) is 26.4 Å². The molecule has 4 nitrogen and oxygen atoms in total. The molecule has 1 rings (SSSR count). The Hall–Kier alpha value is -0.0800. The van der Waals surface area contributed by atoms with Gasteiger partial charge in [0, 0.05) is 26.1 Å². The lowest BCUT2D eigenvalue weighted by Gasteiger charge is -2.33. The summed E-state index contributed by atoms with van der Waals surface area (Å²) in [5, 5.41) is 1.96. The number of nitrogens with one attached hydrogen (secondary N) is 1. The van der Waals surface area contributed by atoms with Gasteiger partial charge in [-0.1, -0.05) is 13.3 Å². The minimum atomic E-state index is -1.29. The lowest BCUT2D eigenvalue weighted by atomic mass is 9.97. The van der Waals surface area contributed by atoms with Crippen molar-refractivity contribution in [3.63, 3.8) is 0 Å². The second-order valence-corrected chi connectivity index (χ2v) is 10.5. The number of esters is 1. The summed E-state index contributed by atoms with van der Waals surface area (Å²) in [5.74, 6) is -0.274. The van der Waals surface area contributed by atoms with Crippen LogP contribution in [0.3, 0.4) is 0 Å². The molecular weight excluding hydrogens is 398 g/mol. The zero-order valence-electron chi connectivity index (χ0n) is 14.4. The van der Waals surface area contributed by atoms with E-state index in [0.29, 0.717) is 6.61 Å². The maximum absolute atomic E-state index is 12.5. The van der Waals surface area contributed by atoms with Crippen molar-refractivity contribution in [2.75, 3.05) is 6.61 Å². The number of hydrogen-bond donors (Lipinski definition) is 1. The lowest BCUT2D eigenvalue weighted by molar-refractivity contribution is -0.145. The van der Waals surface area contributed by atoms with E-state index < -0.39 is 21.6 Å². The van der Waals surface area contributed by atoms with E-state index in [0.717, 1.165) is 22.2 Å². The number of halogens is 1. The van der Waals surface area contributed by atoms with Crippen LogP contribution in [0.4, 0.5) is 0 Å². The third-order valence-electron chi connectivity index (χ3n) is 3.24. The molecule has 0 spiro atoms. The molecule has 1 heterocycles. The highest BCUT2D eigenvalue weighted by Crippen LogP contribution is 2.34. The molecule has 1 unspecified atom stereocenters. The number of rotatable bonds is 8. The van der Waals surface area contributed by atoms with E-state index in [4.69, 9.17) is 4.74 Å². The molecule has 7 heteroatoms. The van der Waals surface area contributed by atoms with E-state index in [-0.39, 0.29) is 12.4 Å². The average Bonchev–Trinajstić information content (AvgIpc) is 2.85. The Balaban J connectivity index is 2.91. The van der Waals surface area contributed by atoms with Gasteiger partial charge < -0.3 is 9.29 Å². The van der Waals surface area contributed by atoms with Crippen LogP contribution in [0.1, 0.15) is 58.8 Å². The Morgan fingerprint density at radius 3 is 2.57 bits per heavy atom. The highest BCUT2D eigenvalue weighted by molar-refractivity contribution is 9.10. The first kappa shape index (κ1) is 21.0. The monoisotopic (exact) mass is 423 g/mol. The van der Waals surface area contributed by atoms with Crippen LogP contribution >= 0.6 is 27.3 Å². The summed E-state index contributed by atoms with van der Waals surface area (Å²) in [4.78, 5) is 13.1. The molecule has 0 aliphatic carbocycles. The van der Waals surface area contributed by atoms with Crippen LogP contribution in [0.15, 0.2) is 15.9 Å². The Bertz CT molecular complexity index is 516. The van der Waals surface area contributed by atoms with Crippen LogP contribution in [0, 0.1) is 0 Å². The Labute approximate surface area is 154 Å². The summed E-state index contributed by atoms with van der Waals surface area (Å²) in [6.07, 6.45) is 1.98. The number of thiophene rings is 1. The van der Waals surface area contributed by atoms with Gasteiger partial charge in [0.2, 0.25) is 0 Å². The van der Waals surface area contributed by atoms with E-state index in [1.807, 2.05) is 39.1 Å². The molecule has 132 valence electrons. The Kier molecular flexibility index (Phi) is 8.07. The van der Waals surface area contributed by atoms with E-state index >= 15 is 0 Å². The fourth-order valence-electron chi connectivity index (χ4n) is 1.80. The summed E-state index contributed by atoms with van der Waals surface area (Å²) in [6, 6.07) is 1.96. The zero-order chi connectivity index (χ0) is 17.7. The predicted molar refractivity (Wildman–Crippen MR) is 101 cm³/mol. The number of carbonyl (C=O) groups excluding carboxylic acids is 1. The Morgan fingerprint density at radius 2 is 2.09 bits per heavy atom. The van der Waals surface area contributed by atoms with Crippen molar-refractivity contribution in [3.05, 3.63) is 20.8 Å². The standard InChI is InChI=1S/C16H26BrNO3S2/c1-6-7-8-21-14(19)10-16(5,13-9-12(17)11-22-13)18-23(20)15(2,3)4/h9,11,18H,6-8,10H2,1-5H3/t16-,23?/m0/s1. The maximum atomic E-state index is 12.5. The van der Waals surface area contributed by atoms with Crippen molar-refractivity contribution in [3.8, 4) is 0 Å². The normalized spacial score (nSPS) is 16.0. The first-order valence-corrected chi connectivity index (χ1v) is 10.5. The second-order valence-electron chi connectivity index (χ2n) is 6.70. The van der Waals surface area contributed by atoms with Gasteiger partial charge in [-0.3, -0.25) is 4.79 Å². The van der Waals surface area contributed by atoms with Gasteiger partial charge in [0.05, 0.1) is 13.0 Å². The summed E-state index contributed by atoms with van der Waals surface area (Å²) in [6.45, 7) is 10.1. The molecule has 0 amide bonds. The van der Waals surface area contributed by atoms with Crippen molar-refractivity contribution in [1.82, 2.24) is 4.72 Å². The smallest absolute Gasteiger partial charge is 0.308 e. The molecule has 0 saturated heterocycles. The summed E-state index contributed by atoms with van der Waals surface area (Å²) >= 11 is 3.68. The number of unbranched alkanes of at least 4 members (excludes halogenated alkanes) is 1. The fourth-order valence-corrected chi connectivity index (χ4v) is 4.31. The molecule has 0 saturated carbocycles. The van der Waals surface area contributed by atoms with Crippen molar-refractivity contribution >= 4 is 44.6 Å².